The minimum atomic E-state index is -1.08. The van der Waals surface area contributed by atoms with E-state index in [2.05, 4.69) is 0 Å². The monoisotopic (exact) mass is 457 g/mol. The molecule has 0 saturated carbocycles. The molecular weight excluding hydrogens is 430 g/mol. The summed E-state index contributed by atoms with van der Waals surface area (Å²) < 4.78 is 11.3. The van der Waals surface area contributed by atoms with Gasteiger partial charge in [0, 0.05) is 6.42 Å². The van der Waals surface area contributed by atoms with E-state index in [1.54, 1.807) is 0 Å². The molecule has 0 bridgehead atoms. The molecule has 1 aliphatic heterocycles. The Morgan fingerprint density at radius 2 is 1.62 bits per heavy atom. The average Bonchev–Trinajstić information content (AvgIpc) is 3.37. The van der Waals surface area contributed by atoms with Crippen molar-refractivity contribution < 1.29 is 24.2 Å². The van der Waals surface area contributed by atoms with Gasteiger partial charge in [0.2, 0.25) is 5.91 Å². The number of ether oxygens (including phenoxy) is 2. The highest BCUT2D eigenvalue weighted by Gasteiger charge is 2.52. The zero-order valence-electron chi connectivity index (χ0n) is 18.7. The predicted molar refractivity (Wildman–Crippen MR) is 126 cm³/mol. The molecule has 1 N–H and O–H groups in total. The zero-order valence-corrected chi connectivity index (χ0v) is 18.7. The molecule has 5 rings (SSSR count). The third kappa shape index (κ3) is 4.47. The van der Waals surface area contributed by atoms with E-state index in [1.165, 1.54) is 4.90 Å². The van der Waals surface area contributed by atoms with Gasteiger partial charge in [-0.05, 0) is 28.7 Å². The number of carbonyl (C=O) groups excluding carboxylic acids is 2. The second-order valence-electron chi connectivity index (χ2n) is 8.84. The fourth-order valence-corrected chi connectivity index (χ4v) is 4.90. The second kappa shape index (κ2) is 9.79. The number of benzene rings is 3. The Morgan fingerprint density at radius 1 is 0.971 bits per heavy atom. The number of nitrogens with zero attached hydrogens (tertiary/aromatic N) is 1. The van der Waals surface area contributed by atoms with E-state index in [0.29, 0.717) is 19.4 Å². The summed E-state index contributed by atoms with van der Waals surface area (Å²) in [6, 6.07) is 26.5. The largest absolute Gasteiger partial charge is 0.443 e. The van der Waals surface area contributed by atoms with Gasteiger partial charge in [0.1, 0.15) is 12.1 Å². The Morgan fingerprint density at radius 3 is 2.35 bits per heavy atom. The second-order valence-corrected chi connectivity index (χ2v) is 8.84. The van der Waals surface area contributed by atoms with Crippen LogP contribution in [0.1, 0.15) is 28.3 Å². The highest BCUT2D eigenvalue weighted by Crippen LogP contribution is 2.43. The highest BCUT2D eigenvalue weighted by atomic mass is 16.6. The molecular formula is C28H27NO5. The molecule has 6 nitrogen and oxygen atoms in total. The lowest BCUT2D eigenvalue weighted by atomic mass is 9.92. The SMILES string of the molecule is O=C1O[C@@H]2Cc3ccccc3[C@@H]2N1C(=O)[C@H](Cc1ccccc1)[C@H](O)COCc1ccccc1. The number of imide groups is 1. The first-order chi connectivity index (χ1) is 16.6. The molecule has 1 saturated heterocycles. The number of amides is 2. The van der Waals surface area contributed by atoms with Gasteiger partial charge in [0.25, 0.3) is 0 Å². The summed E-state index contributed by atoms with van der Waals surface area (Å²) in [6.07, 6.45) is -1.25. The number of rotatable bonds is 8. The molecule has 34 heavy (non-hydrogen) atoms. The van der Waals surface area contributed by atoms with Crippen molar-refractivity contribution in [1.29, 1.82) is 0 Å². The fraction of sp³-hybridized carbons (Fsp3) is 0.286. The van der Waals surface area contributed by atoms with Crippen molar-refractivity contribution in [3.63, 3.8) is 0 Å². The Hall–Kier alpha value is -3.48. The first-order valence-electron chi connectivity index (χ1n) is 11.6. The maximum atomic E-state index is 13.8. The van der Waals surface area contributed by atoms with Crippen molar-refractivity contribution >= 4 is 12.0 Å². The molecule has 3 aromatic carbocycles. The number of hydrogen-bond donors (Lipinski definition) is 1. The smallest absolute Gasteiger partial charge is 0.417 e. The lowest BCUT2D eigenvalue weighted by molar-refractivity contribution is -0.139. The zero-order chi connectivity index (χ0) is 23.5. The Kier molecular flexibility index (Phi) is 6.43. The topological polar surface area (TPSA) is 76.1 Å². The molecule has 4 atom stereocenters. The summed E-state index contributed by atoms with van der Waals surface area (Å²) in [5.74, 6) is -1.29. The van der Waals surface area contributed by atoms with Gasteiger partial charge in [0.05, 0.1) is 25.2 Å². The average molecular weight is 458 g/mol. The van der Waals surface area contributed by atoms with Crippen LogP contribution in [0.3, 0.4) is 0 Å². The lowest BCUT2D eigenvalue weighted by Crippen LogP contribution is -2.45. The summed E-state index contributed by atoms with van der Waals surface area (Å²) in [5, 5.41) is 11.1. The van der Waals surface area contributed by atoms with Gasteiger partial charge in [0.15, 0.2) is 0 Å². The van der Waals surface area contributed by atoms with Crippen LogP contribution >= 0.6 is 0 Å². The van der Waals surface area contributed by atoms with Crippen molar-refractivity contribution in [2.45, 2.75) is 37.7 Å². The number of aliphatic hydroxyl groups is 1. The van der Waals surface area contributed by atoms with Gasteiger partial charge in [-0.3, -0.25) is 4.79 Å². The summed E-state index contributed by atoms with van der Waals surface area (Å²) in [7, 11) is 0. The van der Waals surface area contributed by atoms with E-state index in [0.717, 1.165) is 22.3 Å². The van der Waals surface area contributed by atoms with E-state index in [-0.39, 0.29) is 6.61 Å². The molecule has 0 radical (unpaired) electrons. The van der Waals surface area contributed by atoms with Crippen molar-refractivity contribution in [2.24, 2.45) is 5.92 Å². The molecule has 0 spiro atoms. The van der Waals surface area contributed by atoms with Crippen LogP contribution in [-0.2, 0) is 33.7 Å². The van der Waals surface area contributed by atoms with Crippen LogP contribution in [0.5, 0.6) is 0 Å². The first kappa shape index (κ1) is 22.3. The van der Waals surface area contributed by atoms with Gasteiger partial charge in [-0.1, -0.05) is 84.9 Å². The van der Waals surface area contributed by atoms with Crippen LogP contribution in [0.2, 0.25) is 0 Å². The summed E-state index contributed by atoms with van der Waals surface area (Å²) in [5.41, 5.74) is 3.89. The van der Waals surface area contributed by atoms with Crippen molar-refractivity contribution in [3.05, 3.63) is 107 Å². The van der Waals surface area contributed by atoms with E-state index >= 15 is 0 Å². The van der Waals surface area contributed by atoms with E-state index in [1.807, 2.05) is 84.9 Å². The molecule has 0 aromatic heterocycles. The van der Waals surface area contributed by atoms with Gasteiger partial charge in [-0.25, -0.2) is 9.69 Å². The molecule has 174 valence electrons. The van der Waals surface area contributed by atoms with Crippen molar-refractivity contribution in [2.75, 3.05) is 6.61 Å². The molecule has 1 aliphatic carbocycles. The predicted octanol–water partition coefficient (Wildman–Crippen LogP) is 4.07. The van der Waals surface area contributed by atoms with Gasteiger partial charge >= 0.3 is 6.09 Å². The summed E-state index contributed by atoms with van der Waals surface area (Å²) >= 11 is 0. The van der Waals surface area contributed by atoms with Gasteiger partial charge in [-0.15, -0.1) is 0 Å². The minimum Gasteiger partial charge on any atom is -0.443 e. The maximum absolute atomic E-state index is 13.8. The van der Waals surface area contributed by atoms with E-state index < -0.39 is 36.2 Å². The normalized spacial score (nSPS) is 20.4. The standard InChI is InChI=1S/C28H27NO5/c30-24(18-33-17-20-11-5-2-6-12-20)23(15-19-9-3-1-4-10-19)27(31)29-26-22-14-8-7-13-21(22)16-25(26)34-28(29)32/h1-14,23-26,30H,15-18H2/t23-,24-,25-,26+/m1/s1. The Labute approximate surface area is 198 Å². The van der Waals surface area contributed by atoms with Crippen LogP contribution in [0.25, 0.3) is 0 Å². The molecule has 6 heteroatoms. The van der Waals surface area contributed by atoms with Crippen LogP contribution < -0.4 is 0 Å². The molecule has 2 amide bonds. The van der Waals surface area contributed by atoms with Crippen LogP contribution in [0.4, 0.5) is 4.79 Å². The highest BCUT2D eigenvalue weighted by molar-refractivity contribution is 5.96. The number of hydrogen-bond acceptors (Lipinski definition) is 5. The van der Waals surface area contributed by atoms with Gasteiger partial charge < -0.3 is 14.6 Å². The molecule has 0 unspecified atom stereocenters. The number of carbonyl (C=O) groups is 2. The molecule has 1 fully saturated rings. The minimum absolute atomic E-state index is 0.0221. The van der Waals surface area contributed by atoms with Crippen LogP contribution in [-0.4, -0.2) is 40.8 Å². The molecule has 2 aliphatic rings. The summed E-state index contributed by atoms with van der Waals surface area (Å²) in [6.45, 7) is 0.305. The third-order valence-corrected chi connectivity index (χ3v) is 6.59. The van der Waals surface area contributed by atoms with Gasteiger partial charge in [-0.2, -0.15) is 0 Å². The van der Waals surface area contributed by atoms with E-state index in [4.69, 9.17) is 9.47 Å². The molecule has 1 heterocycles. The van der Waals surface area contributed by atoms with Crippen LogP contribution in [0, 0.1) is 5.92 Å². The quantitative estimate of drug-likeness (QED) is 0.552. The lowest BCUT2D eigenvalue weighted by Gasteiger charge is -2.28. The van der Waals surface area contributed by atoms with Crippen LogP contribution in [0.15, 0.2) is 84.9 Å². The molecule has 3 aromatic rings. The first-order valence-corrected chi connectivity index (χ1v) is 11.6. The Balaban J connectivity index is 1.37. The fourth-order valence-electron chi connectivity index (χ4n) is 4.90. The van der Waals surface area contributed by atoms with Crippen molar-refractivity contribution in [1.82, 2.24) is 4.90 Å². The number of aliphatic hydroxyl groups excluding tert-OH is 1. The third-order valence-electron chi connectivity index (χ3n) is 6.59. The summed E-state index contributed by atoms with van der Waals surface area (Å²) in [4.78, 5) is 27.8. The van der Waals surface area contributed by atoms with E-state index in [9.17, 15) is 14.7 Å². The van der Waals surface area contributed by atoms with Crippen molar-refractivity contribution in [3.8, 4) is 0 Å². The Bertz CT molecular complexity index is 1150. The maximum Gasteiger partial charge on any atom is 0.417 e. The number of fused-ring (bicyclic) bond motifs is 3.